The van der Waals surface area contributed by atoms with Crippen molar-refractivity contribution in [2.24, 2.45) is 4.99 Å². The number of rotatable bonds is 11. The van der Waals surface area contributed by atoms with E-state index in [9.17, 15) is 4.39 Å². The van der Waals surface area contributed by atoms with Crippen LogP contribution in [0.25, 0.3) is 0 Å². The molecule has 0 aliphatic heterocycles. The van der Waals surface area contributed by atoms with E-state index in [1.54, 1.807) is 40.7 Å². The van der Waals surface area contributed by atoms with E-state index in [0.29, 0.717) is 25.8 Å². The van der Waals surface area contributed by atoms with Gasteiger partial charge in [0.25, 0.3) is 0 Å². The smallest absolute Gasteiger partial charge is 0.188 e. The maximum absolute atomic E-state index is 13.8. The molecule has 0 aliphatic rings. The van der Waals surface area contributed by atoms with Crippen LogP contribution in [0.5, 0.6) is 17.2 Å². The molecular weight excluding hydrogens is 404 g/mol. The minimum atomic E-state index is -0.298. The summed E-state index contributed by atoms with van der Waals surface area (Å²) in [6.45, 7) is 4.44. The van der Waals surface area contributed by atoms with Gasteiger partial charge < -0.3 is 18.9 Å². The Labute approximate surface area is 180 Å². The Hall–Kier alpha value is -2.17. The number of aliphatic imine (C=N–C) groups is 1. The molecule has 0 N–H and O–H groups in total. The number of benzene rings is 2. The van der Waals surface area contributed by atoms with Crippen LogP contribution < -0.4 is 19.5 Å². The number of hydrogen-bond acceptors (Lipinski definition) is 5. The fourth-order valence-corrected chi connectivity index (χ4v) is 5.22. The van der Waals surface area contributed by atoms with E-state index in [-0.39, 0.29) is 17.8 Å². The van der Waals surface area contributed by atoms with Crippen molar-refractivity contribution in [2.45, 2.75) is 31.8 Å². The van der Waals surface area contributed by atoms with E-state index in [4.69, 9.17) is 18.9 Å². The molecule has 5 nitrogen and oxygen atoms in total. The number of methoxy groups -OCH3 is 3. The third-order valence-corrected chi connectivity index (χ3v) is 6.64. The van der Waals surface area contributed by atoms with Crippen LogP contribution in [0.4, 0.5) is 4.39 Å². The monoisotopic (exact) mass is 435 g/mol. The van der Waals surface area contributed by atoms with Gasteiger partial charge in [-0.2, -0.15) is 0 Å². The molecule has 0 saturated heterocycles. The van der Waals surface area contributed by atoms with Gasteiger partial charge in [0.2, 0.25) is 0 Å². The first-order chi connectivity index (χ1) is 14.4. The summed E-state index contributed by atoms with van der Waals surface area (Å²) in [7, 11) is 6.85. The summed E-state index contributed by atoms with van der Waals surface area (Å²) in [5, 5.41) is 0.741. The van der Waals surface area contributed by atoms with Gasteiger partial charge in [0.15, 0.2) is 18.3 Å². The predicted molar refractivity (Wildman–Crippen MR) is 122 cm³/mol. The fourth-order valence-electron chi connectivity index (χ4n) is 3.48. The Morgan fingerprint density at radius 2 is 1.90 bits per heavy atom. The molecule has 30 heavy (non-hydrogen) atoms. The standard InChI is InChI=1S/C23H31FNO4P/c1-7-10-23(2,30-21-9-8-17(24)11-16(21)14-25-3)19-12-18(27-5)13-20(28-6)22(19)29-15-26-4/h8-9,11-14,30H,7,10,15H2,1-6H3. The summed E-state index contributed by atoms with van der Waals surface area (Å²) < 4.78 is 36.1. The topological polar surface area (TPSA) is 49.3 Å². The normalized spacial score (nSPS) is 13.7. The van der Waals surface area contributed by atoms with Crippen LogP contribution in [0.3, 0.4) is 0 Å². The van der Waals surface area contributed by atoms with E-state index in [0.717, 1.165) is 29.3 Å². The second-order valence-corrected chi connectivity index (χ2v) is 8.98. The summed E-state index contributed by atoms with van der Waals surface area (Å²) in [6.07, 6.45) is 3.56. The SMILES string of the molecule is CCCC(C)(Pc1ccc(F)cc1C=NC)c1cc(OC)cc(OC)c1OCOC. The highest BCUT2D eigenvalue weighted by atomic mass is 31.1. The average molecular weight is 435 g/mol. The molecule has 7 heteroatoms. The number of nitrogens with zero attached hydrogens (tertiary/aromatic N) is 1. The maximum atomic E-state index is 13.8. The van der Waals surface area contributed by atoms with Crippen molar-refractivity contribution in [2.75, 3.05) is 35.2 Å². The number of ether oxygens (including phenoxy) is 4. The number of hydrogen-bond donors (Lipinski definition) is 0. The van der Waals surface area contributed by atoms with Gasteiger partial charge >= 0.3 is 0 Å². The van der Waals surface area contributed by atoms with Crippen molar-refractivity contribution in [3.05, 3.63) is 47.3 Å². The molecule has 0 aliphatic carbocycles. The van der Waals surface area contributed by atoms with Crippen LogP contribution in [-0.4, -0.2) is 41.4 Å². The summed E-state index contributed by atoms with van der Waals surface area (Å²) in [4.78, 5) is 4.10. The van der Waals surface area contributed by atoms with Gasteiger partial charge in [-0.3, -0.25) is 4.99 Å². The molecule has 0 radical (unpaired) electrons. The fraction of sp³-hybridized carbons (Fsp3) is 0.435. The van der Waals surface area contributed by atoms with Crippen LogP contribution in [0.15, 0.2) is 35.3 Å². The summed E-state index contributed by atoms with van der Waals surface area (Å²) >= 11 is 0. The summed E-state index contributed by atoms with van der Waals surface area (Å²) in [5.74, 6) is 1.63. The molecule has 0 fully saturated rings. The van der Waals surface area contributed by atoms with Gasteiger partial charge in [0, 0.05) is 42.7 Å². The quantitative estimate of drug-likeness (QED) is 0.286. The van der Waals surface area contributed by atoms with E-state index >= 15 is 0 Å². The molecule has 2 rings (SSSR count). The molecule has 0 amide bonds. The lowest BCUT2D eigenvalue weighted by Crippen LogP contribution is -2.22. The van der Waals surface area contributed by atoms with E-state index < -0.39 is 0 Å². The van der Waals surface area contributed by atoms with E-state index in [1.807, 2.05) is 12.1 Å². The van der Waals surface area contributed by atoms with Crippen molar-refractivity contribution in [1.29, 1.82) is 0 Å². The largest absolute Gasteiger partial charge is 0.497 e. The van der Waals surface area contributed by atoms with Crippen molar-refractivity contribution in [3.8, 4) is 17.2 Å². The van der Waals surface area contributed by atoms with Gasteiger partial charge in [-0.15, -0.1) is 0 Å². The van der Waals surface area contributed by atoms with Gasteiger partial charge in [-0.05, 0) is 29.9 Å². The van der Waals surface area contributed by atoms with Crippen molar-refractivity contribution in [3.63, 3.8) is 0 Å². The lowest BCUT2D eigenvalue weighted by Gasteiger charge is -2.33. The second-order valence-electron chi connectivity index (χ2n) is 7.08. The predicted octanol–water partition coefficient (Wildman–Crippen LogP) is 4.89. The first-order valence-electron chi connectivity index (χ1n) is 9.80. The van der Waals surface area contributed by atoms with Crippen LogP contribution in [0.2, 0.25) is 0 Å². The highest BCUT2D eigenvalue weighted by molar-refractivity contribution is 7.48. The van der Waals surface area contributed by atoms with Crippen LogP contribution in [0, 0.1) is 5.82 Å². The molecule has 2 aromatic rings. The van der Waals surface area contributed by atoms with Crippen LogP contribution in [0.1, 0.15) is 37.8 Å². The Morgan fingerprint density at radius 3 is 2.50 bits per heavy atom. The highest BCUT2D eigenvalue weighted by Crippen LogP contribution is 2.52. The second kappa shape index (κ2) is 11.3. The van der Waals surface area contributed by atoms with Gasteiger partial charge in [-0.25, -0.2) is 4.39 Å². The lowest BCUT2D eigenvalue weighted by atomic mass is 9.93. The summed E-state index contributed by atoms with van der Waals surface area (Å²) in [5.41, 5.74) is 1.76. The minimum Gasteiger partial charge on any atom is -0.497 e. The van der Waals surface area contributed by atoms with Crippen molar-refractivity contribution in [1.82, 2.24) is 0 Å². The third-order valence-electron chi connectivity index (χ3n) is 4.84. The van der Waals surface area contributed by atoms with Gasteiger partial charge in [0.05, 0.1) is 14.2 Å². The molecule has 0 heterocycles. The van der Waals surface area contributed by atoms with E-state index in [2.05, 4.69) is 18.8 Å². The molecule has 0 saturated carbocycles. The summed E-state index contributed by atoms with van der Waals surface area (Å²) in [6, 6.07) is 8.66. The highest BCUT2D eigenvalue weighted by Gasteiger charge is 2.33. The minimum absolute atomic E-state index is 0.102. The molecule has 2 aromatic carbocycles. The molecule has 2 atom stereocenters. The van der Waals surface area contributed by atoms with Crippen molar-refractivity contribution >= 4 is 20.1 Å². The first kappa shape index (κ1) is 24.1. The van der Waals surface area contributed by atoms with E-state index in [1.165, 1.54) is 12.1 Å². The maximum Gasteiger partial charge on any atom is 0.188 e. The lowest BCUT2D eigenvalue weighted by molar-refractivity contribution is 0.0479. The molecule has 0 aromatic heterocycles. The average Bonchev–Trinajstić information content (AvgIpc) is 2.74. The Bertz CT molecular complexity index is 875. The van der Waals surface area contributed by atoms with Gasteiger partial charge in [-0.1, -0.05) is 34.9 Å². The number of halogens is 1. The van der Waals surface area contributed by atoms with Gasteiger partial charge in [0.1, 0.15) is 11.6 Å². The Morgan fingerprint density at radius 1 is 1.13 bits per heavy atom. The van der Waals surface area contributed by atoms with Crippen molar-refractivity contribution < 1.29 is 23.3 Å². The molecule has 0 bridgehead atoms. The zero-order valence-electron chi connectivity index (χ0n) is 18.5. The molecular formula is C23H31FNO4P. The molecule has 0 spiro atoms. The Kier molecular flexibility index (Phi) is 9.07. The Balaban J connectivity index is 2.65. The molecule has 164 valence electrons. The van der Waals surface area contributed by atoms with Crippen LogP contribution in [-0.2, 0) is 9.89 Å². The first-order valence-corrected chi connectivity index (χ1v) is 10.8. The third kappa shape index (κ3) is 5.71. The zero-order chi connectivity index (χ0) is 22.1. The molecule has 2 unspecified atom stereocenters. The van der Waals surface area contributed by atoms with Crippen LogP contribution >= 0.6 is 8.58 Å². The zero-order valence-corrected chi connectivity index (χ0v) is 19.5.